The molecule has 0 aromatic carbocycles. The Bertz CT molecular complexity index is 144. The molecule has 0 amide bonds. The molecule has 1 nitrogen and oxygen atoms in total. The van der Waals surface area contributed by atoms with Crippen molar-refractivity contribution in [2.45, 2.75) is 0 Å². The van der Waals surface area contributed by atoms with Crippen molar-refractivity contribution in [3.05, 3.63) is 64.0 Å². The summed E-state index contributed by atoms with van der Waals surface area (Å²) in [6.45, 7) is 0.495. The van der Waals surface area contributed by atoms with Crippen LogP contribution in [0.25, 0.3) is 0 Å². The molecular formula is C12H16BCl2NZr+2. The molecule has 0 N–H and O–H groups in total. The second kappa shape index (κ2) is 13.9. The standard InChI is InChI=1S/C7H11BN.C5H5.2ClH.Zr/c1-9(2)8-6-4-3-5-7-8;1-2-4-5-3-1;;;/h3-7H,1-2H3;1-5H;2*1H;/q;;;;+4/p-2. The second-order valence-electron chi connectivity index (χ2n) is 3.45. The summed E-state index contributed by atoms with van der Waals surface area (Å²) in [7, 11) is 14.0. The van der Waals surface area contributed by atoms with Gasteiger partial charge in [0.05, 0.1) is 0 Å². The number of hydrogen-bond acceptors (Lipinski definition) is 1. The maximum absolute atomic E-state index is 4.93. The first-order chi connectivity index (χ1) is 8.22. The molecule has 1 saturated carbocycles. The van der Waals surface area contributed by atoms with Crippen molar-refractivity contribution in [1.29, 1.82) is 0 Å². The predicted octanol–water partition coefficient (Wildman–Crippen LogP) is 3.05. The van der Waals surface area contributed by atoms with Crippen molar-refractivity contribution < 1.29 is 20.8 Å². The first-order valence-electron chi connectivity index (χ1n) is 5.20. The molecule has 1 saturated heterocycles. The van der Waals surface area contributed by atoms with Gasteiger partial charge in [0.25, 0.3) is 0 Å². The molecule has 0 aromatic heterocycles. The minimum absolute atomic E-state index is 0.495. The Morgan fingerprint density at radius 3 is 1.29 bits per heavy atom. The quantitative estimate of drug-likeness (QED) is 0.659. The molecule has 5 heteroatoms. The molecule has 2 aliphatic rings. The van der Waals surface area contributed by atoms with Crippen molar-refractivity contribution in [3.63, 3.8) is 0 Å². The third-order valence-corrected chi connectivity index (χ3v) is 1.99. The van der Waals surface area contributed by atoms with Gasteiger partial charge in [-0.2, -0.15) is 0 Å². The van der Waals surface area contributed by atoms with Crippen LogP contribution in [0.1, 0.15) is 0 Å². The van der Waals surface area contributed by atoms with Crippen molar-refractivity contribution in [2.24, 2.45) is 0 Å². The number of hydrogen-bond donors (Lipinski definition) is 0. The Morgan fingerprint density at radius 2 is 1.06 bits per heavy atom. The molecule has 17 heavy (non-hydrogen) atoms. The van der Waals surface area contributed by atoms with Crippen LogP contribution in [0, 0.1) is 64.0 Å². The summed E-state index contributed by atoms with van der Waals surface area (Å²) < 4.78 is 0. The SMILES string of the molecule is CN(C)B1[CH][CH][CH][CH][CH]1.[CH]1[CH][CH][CH][CH]1.[Cl][Zr+2][Cl]. The van der Waals surface area contributed by atoms with E-state index in [-0.39, 0.29) is 0 Å². The van der Waals surface area contributed by atoms with E-state index in [1.165, 1.54) is 0 Å². The Morgan fingerprint density at radius 1 is 0.765 bits per heavy atom. The van der Waals surface area contributed by atoms with Gasteiger partial charge in [-0.15, -0.1) is 0 Å². The van der Waals surface area contributed by atoms with E-state index in [4.69, 9.17) is 17.0 Å². The molecule has 0 atom stereocenters. The molecule has 0 bridgehead atoms. The molecule has 2 fully saturated rings. The fourth-order valence-corrected chi connectivity index (χ4v) is 1.15. The summed E-state index contributed by atoms with van der Waals surface area (Å²) in [5.74, 6) is 0. The van der Waals surface area contributed by atoms with Gasteiger partial charge in [-0.3, -0.25) is 0 Å². The van der Waals surface area contributed by atoms with E-state index in [1.807, 2.05) is 38.5 Å². The summed E-state index contributed by atoms with van der Waals surface area (Å²) in [6.07, 6.45) is 20.5. The molecule has 0 aromatic rings. The van der Waals surface area contributed by atoms with E-state index in [1.54, 1.807) is 0 Å². The zero-order chi connectivity index (χ0) is 12.9. The van der Waals surface area contributed by atoms with Crippen molar-refractivity contribution in [3.8, 4) is 0 Å². The van der Waals surface area contributed by atoms with E-state index in [9.17, 15) is 0 Å². The van der Waals surface area contributed by atoms with Gasteiger partial charge < -0.3 is 4.81 Å². The van der Waals surface area contributed by atoms with Crippen LogP contribution in [0.4, 0.5) is 0 Å². The number of nitrogens with zero attached hydrogens (tertiary/aromatic N) is 1. The Labute approximate surface area is 127 Å². The van der Waals surface area contributed by atoms with Gasteiger partial charge in [-0.1, -0.05) is 0 Å². The zero-order valence-corrected chi connectivity index (χ0v) is 14.0. The van der Waals surface area contributed by atoms with Gasteiger partial charge in [0.1, 0.15) is 0 Å². The number of rotatable bonds is 1. The van der Waals surface area contributed by atoms with Gasteiger partial charge in [-0.25, -0.2) is 0 Å². The normalized spacial score (nSPS) is 18.8. The van der Waals surface area contributed by atoms with Gasteiger partial charge >= 0.3 is 37.9 Å². The van der Waals surface area contributed by atoms with Crippen molar-refractivity contribution in [1.82, 2.24) is 4.81 Å². The van der Waals surface area contributed by atoms with Gasteiger partial charge in [0.15, 0.2) is 0 Å². The third-order valence-electron chi connectivity index (χ3n) is 1.99. The van der Waals surface area contributed by atoms with Crippen LogP contribution in [0.5, 0.6) is 0 Å². The molecular weight excluding hydrogens is 331 g/mol. The van der Waals surface area contributed by atoms with E-state index in [2.05, 4.69) is 44.4 Å². The fraction of sp³-hybridized carbons (Fsp3) is 0.167. The third kappa shape index (κ3) is 12.3. The molecule has 88 valence electrons. The van der Waals surface area contributed by atoms with Crippen LogP contribution in [0.3, 0.4) is 0 Å². The van der Waals surface area contributed by atoms with Crippen LogP contribution in [0.15, 0.2) is 0 Å². The average molecular weight is 347 g/mol. The zero-order valence-electron chi connectivity index (χ0n) is 10.1. The van der Waals surface area contributed by atoms with E-state index < -0.39 is 20.8 Å². The molecule has 1 aliphatic carbocycles. The van der Waals surface area contributed by atoms with Crippen molar-refractivity contribution in [2.75, 3.05) is 14.1 Å². The molecule has 0 unspecified atom stereocenters. The first-order valence-corrected chi connectivity index (χ1v) is 11.5. The molecule has 2 rings (SSSR count). The Kier molecular flexibility index (Phi) is 15.1. The van der Waals surface area contributed by atoms with Gasteiger partial charge in [-0.05, 0) is 78.1 Å². The van der Waals surface area contributed by atoms with Crippen LogP contribution < -0.4 is 0 Å². The fourth-order valence-electron chi connectivity index (χ4n) is 1.15. The predicted molar refractivity (Wildman–Crippen MR) is 74.1 cm³/mol. The minimum atomic E-state index is -0.826. The maximum atomic E-state index is 4.93. The molecule has 10 radical (unpaired) electrons. The molecule has 1 aliphatic heterocycles. The number of halogens is 2. The monoisotopic (exact) mass is 345 g/mol. The van der Waals surface area contributed by atoms with Crippen LogP contribution in [-0.2, 0) is 20.8 Å². The molecule has 0 spiro atoms. The van der Waals surface area contributed by atoms with E-state index in [0.717, 1.165) is 0 Å². The van der Waals surface area contributed by atoms with Crippen LogP contribution in [-0.4, -0.2) is 25.8 Å². The summed E-state index contributed by atoms with van der Waals surface area (Å²) in [5.41, 5.74) is 0. The average Bonchev–Trinajstić information content (AvgIpc) is 2.90. The Balaban J connectivity index is 0.000000270. The Hall–Kier alpha value is 1.49. The van der Waals surface area contributed by atoms with Crippen LogP contribution >= 0.6 is 17.0 Å². The van der Waals surface area contributed by atoms with Crippen LogP contribution in [0.2, 0.25) is 0 Å². The summed E-state index contributed by atoms with van der Waals surface area (Å²) in [4.78, 5) is 2.17. The van der Waals surface area contributed by atoms with Gasteiger partial charge in [0.2, 0.25) is 6.85 Å². The van der Waals surface area contributed by atoms with Crippen molar-refractivity contribution >= 4 is 23.9 Å². The summed E-state index contributed by atoms with van der Waals surface area (Å²) in [5, 5.41) is 0. The van der Waals surface area contributed by atoms with E-state index >= 15 is 0 Å². The topological polar surface area (TPSA) is 3.24 Å². The molecule has 1 heterocycles. The summed E-state index contributed by atoms with van der Waals surface area (Å²) in [6, 6.07) is 0. The summed E-state index contributed by atoms with van der Waals surface area (Å²) >= 11 is -0.826. The van der Waals surface area contributed by atoms with E-state index in [0.29, 0.717) is 6.85 Å². The second-order valence-corrected chi connectivity index (χ2v) is 7.18. The first kappa shape index (κ1) is 18.5. The van der Waals surface area contributed by atoms with Gasteiger partial charge in [0, 0.05) is 0 Å².